The molecule has 5 nitrogen and oxygen atoms in total. The van der Waals surface area contributed by atoms with Crippen LogP contribution in [0, 0.1) is 6.92 Å². The van der Waals surface area contributed by atoms with Gasteiger partial charge < -0.3 is 15.5 Å². The maximum atomic E-state index is 12.3. The Balaban J connectivity index is 1.39. The van der Waals surface area contributed by atoms with Crippen LogP contribution in [0.2, 0.25) is 0 Å². The molecule has 0 aromatic heterocycles. The molecular formula is C24H30N4O. The Morgan fingerprint density at radius 2 is 1.83 bits per heavy atom. The van der Waals surface area contributed by atoms with Gasteiger partial charge >= 0.3 is 0 Å². The van der Waals surface area contributed by atoms with Gasteiger partial charge in [0, 0.05) is 55.0 Å². The summed E-state index contributed by atoms with van der Waals surface area (Å²) < 4.78 is 0. The molecule has 2 aliphatic heterocycles. The van der Waals surface area contributed by atoms with Gasteiger partial charge in [0.1, 0.15) is 0 Å². The zero-order chi connectivity index (χ0) is 20.2. The third-order valence-corrected chi connectivity index (χ3v) is 5.85. The van der Waals surface area contributed by atoms with E-state index in [1.807, 2.05) is 31.3 Å². The van der Waals surface area contributed by atoms with E-state index in [-0.39, 0.29) is 5.91 Å². The maximum absolute atomic E-state index is 12.3. The SMILES string of the molecule is CCCCN1CCN(c2ccc(N/C=C3/C(=O)Nc4cccc(C)c43)cc2)CC1. The fraction of sp³-hybridized carbons (Fsp3) is 0.375. The molecule has 0 radical (unpaired) electrons. The molecule has 0 spiro atoms. The van der Waals surface area contributed by atoms with Crippen molar-refractivity contribution in [3.8, 4) is 0 Å². The van der Waals surface area contributed by atoms with Crippen LogP contribution in [0.1, 0.15) is 30.9 Å². The lowest BCUT2D eigenvalue weighted by molar-refractivity contribution is -0.110. The Kier molecular flexibility index (Phi) is 5.86. The van der Waals surface area contributed by atoms with Gasteiger partial charge in [0.15, 0.2) is 0 Å². The van der Waals surface area contributed by atoms with Crippen molar-refractivity contribution >= 4 is 28.5 Å². The largest absolute Gasteiger partial charge is 0.369 e. The van der Waals surface area contributed by atoms with Crippen molar-refractivity contribution in [2.75, 3.05) is 48.3 Å². The number of piperazine rings is 1. The molecule has 1 saturated heterocycles. The van der Waals surface area contributed by atoms with Crippen LogP contribution >= 0.6 is 0 Å². The van der Waals surface area contributed by atoms with Gasteiger partial charge in [-0.15, -0.1) is 0 Å². The number of aryl methyl sites for hydroxylation is 1. The van der Waals surface area contributed by atoms with Gasteiger partial charge in [0.2, 0.25) is 0 Å². The predicted octanol–water partition coefficient (Wildman–Crippen LogP) is 4.32. The first-order chi connectivity index (χ1) is 14.2. The summed E-state index contributed by atoms with van der Waals surface area (Å²) in [4.78, 5) is 17.3. The Labute approximate surface area is 173 Å². The summed E-state index contributed by atoms with van der Waals surface area (Å²) in [6.07, 6.45) is 4.37. The van der Waals surface area contributed by atoms with E-state index < -0.39 is 0 Å². The van der Waals surface area contributed by atoms with Crippen LogP contribution in [0.3, 0.4) is 0 Å². The third kappa shape index (κ3) is 4.30. The van der Waals surface area contributed by atoms with Gasteiger partial charge in [-0.05, 0) is 55.8 Å². The lowest BCUT2D eigenvalue weighted by atomic mass is 10.0. The Morgan fingerprint density at radius 1 is 1.07 bits per heavy atom. The van der Waals surface area contributed by atoms with Crippen molar-refractivity contribution in [3.63, 3.8) is 0 Å². The van der Waals surface area contributed by atoms with Crippen molar-refractivity contribution in [1.29, 1.82) is 0 Å². The lowest BCUT2D eigenvalue weighted by Gasteiger charge is -2.36. The van der Waals surface area contributed by atoms with Crippen LogP contribution in [0.4, 0.5) is 17.1 Å². The van der Waals surface area contributed by atoms with E-state index in [9.17, 15) is 4.79 Å². The van der Waals surface area contributed by atoms with Crippen LogP contribution in [0.5, 0.6) is 0 Å². The highest BCUT2D eigenvalue weighted by atomic mass is 16.2. The number of rotatable bonds is 6. The molecule has 2 heterocycles. The molecule has 5 heteroatoms. The van der Waals surface area contributed by atoms with Gasteiger partial charge in [-0.2, -0.15) is 0 Å². The first-order valence-electron chi connectivity index (χ1n) is 10.6. The molecule has 2 N–H and O–H groups in total. The minimum Gasteiger partial charge on any atom is -0.369 e. The van der Waals surface area contributed by atoms with Crippen LogP contribution in [0.15, 0.2) is 48.7 Å². The zero-order valence-electron chi connectivity index (χ0n) is 17.4. The minimum atomic E-state index is -0.0561. The number of anilines is 3. The number of hydrogen-bond donors (Lipinski definition) is 2. The highest BCUT2D eigenvalue weighted by Gasteiger charge is 2.25. The summed E-state index contributed by atoms with van der Waals surface area (Å²) >= 11 is 0. The van der Waals surface area contributed by atoms with Crippen LogP contribution in [0.25, 0.3) is 5.57 Å². The van der Waals surface area contributed by atoms with Gasteiger partial charge in [-0.3, -0.25) is 9.69 Å². The highest BCUT2D eigenvalue weighted by molar-refractivity contribution is 6.32. The summed E-state index contributed by atoms with van der Waals surface area (Å²) in [6.45, 7) is 9.94. The molecule has 0 unspecified atom stereocenters. The Morgan fingerprint density at radius 3 is 2.55 bits per heavy atom. The van der Waals surface area contributed by atoms with Crippen molar-refractivity contribution in [2.24, 2.45) is 0 Å². The zero-order valence-corrected chi connectivity index (χ0v) is 17.4. The molecule has 152 valence electrons. The number of carbonyl (C=O) groups is 1. The predicted molar refractivity (Wildman–Crippen MR) is 121 cm³/mol. The normalized spacial score (nSPS) is 18.1. The minimum absolute atomic E-state index is 0.0561. The quantitative estimate of drug-likeness (QED) is 0.721. The monoisotopic (exact) mass is 390 g/mol. The molecule has 2 aromatic carbocycles. The number of nitrogens with one attached hydrogen (secondary N) is 2. The van der Waals surface area contributed by atoms with E-state index in [0.29, 0.717) is 5.57 Å². The summed E-state index contributed by atoms with van der Waals surface area (Å²) in [5, 5.41) is 6.23. The first-order valence-corrected chi connectivity index (χ1v) is 10.6. The van der Waals surface area contributed by atoms with E-state index in [0.717, 1.165) is 48.7 Å². The fourth-order valence-corrected chi connectivity index (χ4v) is 4.11. The highest BCUT2D eigenvalue weighted by Crippen LogP contribution is 2.34. The molecule has 1 amide bonds. The van der Waals surface area contributed by atoms with Crippen molar-refractivity contribution in [1.82, 2.24) is 4.90 Å². The standard InChI is InChI=1S/C24H30N4O/c1-3-4-12-27-13-15-28(16-14-27)20-10-8-19(9-11-20)25-17-21-23-18(2)6-5-7-22(23)26-24(21)29/h5-11,17,25H,3-4,12-16H2,1-2H3,(H,26,29)/b21-17+. The molecule has 29 heavy (non-hydrogen) atoms. The summed E-state index contributed by atoms with van der Waals surface area (Å²) in [5.41, 5.74) is 5.91. The van der Waals surface area contributed by atoms with Gasteiger partial charge in [-0.1, -0.05) is 25.5 Å². The summed E-state index contributed by atoms with van der Waals surface area (Å²) in [7, 11) is 0. The third-order valence-electron chi connectivity index (χ3n) is 5.85. The van der Waals surface area contributed by atoms with E-state index >= 15 is 0 Å². The van der Waals surface area contributed by atoms with Gasteiger partial charge in [0.05, 0.1) is 5.57 Å². The van der Waals surface area contributed by atoms with Crippen molar-refractivity contribution in [2.45, 2.75) is 26.7 Å². The first kappa shape index (κ1) is 19.5. The fourth-order valence-electron chi connectivity index (χ4n) is 4.11. The number of unbranched alkanes of at least 4 members (excludes halogenated alkanes) is 1. The van der Waals surface area contributed by atoms with Gasteiger partial charge in [-0.25, -0.2) is 0 Å². The average Bonchev–Trinajstić information content (AvgIpc) is 3.08. The molecule has 0 bridgehead atoms. The van der Waals surface area contributed by atoms with Crippen LogP contribution in [-0.4, -0.2) is 43.5 Å². The van der Waals surface area contributed by atoms with Gasteiger partial charge in [0.25, 0.3) is 5.91 Å². The summed E-state index contributed by atoms with van der Waals surface area (Å²) in [6, 6.07) is 14.4. The summed E-state index contributed by atoms with van der Waals surface area (Å²) in [5.74, 6) is -0.0561. The average molecular weight is 391 g/mol. The van der Waals surface area contributed by atoms with E-state index in [2.05, 4.69) is 51.6 Å². The number of nitrogens with zero attached hydrogens (tertiary/aromatic N) is 2. The van der Waals surface area contributed by atoms with E-state index in [1.165, 1.54) is 25.1 Å². The van der Waals surface area contributed by atoms with Crippen LogP contribution in [-0.2, 0) is 4.79 Å². The Hall–Kier alpha value is -2.79. The van der Waals surface area contributed by atoms with Crippen molar-refractivity contribution < 1.29 is 4.79 Å². The van der Waals surface area contributed by atoms with E-state index in [1.54, 1.807) is 0 Å². The molecule has 2 aromatic rings. The molecule has 0 atom stereocenters. The topological polar surface area (TPSA) is 47.6 Å². The molecule has 4 rings (SSSR count). The second-order valence-electron chi connectivity index (χ2n) is 7.88. The molecule has 0 saturated carbocycles. The maximum Gasteiger partial charge on any atom is 0.257 e. The lowest BCUT2D eigenvalue weighted by Crippen LogP contribution is -2.46. The Bertz CT molecular complexity index is 896. The molecular weight excluding hydrogens is 360 g/mol. The number of amides is 1. The molecule has 1 fully saturated rings. The van der Waals surface area contributed by atoms with Crippen LogP contribution < -0.4 is 15.5 Å². The number of hydrogen-bond acceptors (Lipinski definition) is 4. The molecule has 0 aliphatic carbocycles. The number of fused-ring (bicyclic) bond motifs is 1. The number of carbonyl (C=O) groups excluding carboxylic acids is 1. The number of benzene rings is 2. The second kappa shape index (κ2) is 8.70. The second-order valence-corrected chi connectivity index (χ2v) is 7.88. The smallest absolute Gasteiger partial charge is 0.257 e. The molecule has 2 aliphatic rings. The van der Waals surface area contributed by atoms with Crippen molar-refractivity contribution in [3.05, 3.63) is 59.8 Å². The van der Waals surface area contributed by atoms with E-state index in [4.69, 9.17) is 0 Å².